The molecule has 0 aromatic heterocycles. The smallest absolute Gasteiger partial charge is 0.349 e. The molecule has 0 aliphatic carbocycles. The first-order valence-electron chi connectivity index (χ1n) is 10.0. The molecule has 0 bridgehead atoms. The Bertz CT molecular complexity index is 1250. The molecule has 3 aromatic carbocycles. The molecule has 4 nitrogen and oxygen atoms in total. The molecule has 1 unspecified atom stereocenters. The summed E-state index contributed by atoms with van der Waals surface area (Å²) in [6.45, 7) is 3.86. The second-order valence-corrected chi connectivity index (χ2v) is 7.37. The Morgan fingerprint density at radius 3 is 1.71 bits per heavy atom. The molecule has 0 N–H and O–H groups in total. The zero-order valence-electron chi connectivity index (χ0n) is 18.0. The van der Waals surface area contributed by atoms with Crippen molar-refractivity contribution in [2.45, 2.75) is 26.2 Å². The van der Waals surface area contributed by atoms with Crippen molar-refractivity contribution >= 4 is 11.9 Å². The third-order valence-corrected chi connectivity index (χ3v) is 5.11. The fourth-order valence-electron chi connectivity index (χ4n) is 2.99. The minimum atomic E-state index is -2.35. The van der Waals surface area contributed by atoms with Crippen molar-refractivity contribution in [3.63, 3.8) is 0 Å². The van der Waals surface area contributed by atoms with Gasteiger partial charge in [-0.2, -0.15) is 8.78 Å². The zero-order valence-corrected chi connectivity index (χ0v) is 18.0. The Balaban J connectivity index is 1.92. The fourth-order valence-corrected chi connectivity index (χ4v) is 2.99. The minimum Gasteiger partial charge on any atom is -0.416 e. The summed E-state index contributed by atoms with van der Waals surface area (Å²) >= 11 is 0. The summed E-state index contributed by atoms with van der Waals surface area (Å²) in [4.78, 5) is 24.3. The summed E-state index contributed by atoms with van der Waals surface area (Å²) in [5.74, 6) is -21.0. The lowest BCUT2D eigenvalue weighted by atomic mass is 9.98. The monoisotopic (exact) mass is 500 g/mol. The van der Waals surface area contributed by atoms with Gasteiger partial charge < -0.3 is 9.47 Å². The summed E-state index contributed by atoms with van der Waals surface area (Å²) in [6, 6.07) is 5.87. The number of halogens is 7. The Morgan fingerprint density at radius 2 is 1.23 bits per heavy atom. The van der Waals surface area contributed by atoms with Crippen molar-refractivity contribution < 1.29 is 49.8 Å². The number of rotatable bonds is 6. The van der Waals surface area contributed by atoms with Crippen molar-refractivity contribution in [3.05, 3.63) is 93.8 Å². The summed E-state index contributed by atoms with van der Waals surface area (Å²) in [7, 11) is 0. The largest absolute Gasteiger partial charge is 0.416 e. The quantitative estimate of drug-likeness (QED) is 0.165. The SMILES string of the molecule is CCC(C)c1ccc(C(=O)Oc2c(F)c(F)c(C(=O)Oc3c(F)cc(F)cc3F)c(F)c2F)cc1. The van der Waals surface area contributed by atoms with E-state index in [1.165, 1.54) is 12.1 Å². The normalized spacial score (nSPS) is 11.8. The van der Waals surface area contributed by atoms with Gasteiger partial charge in [0.2, 0.25) is 23.1 Å². The molecule has 35 heavy (non-hydrogen) atoms. The number of hydrogen-bond donors (Lipinski definition) is 0. The third kappa shape index (κ3) is 5.13. The number of carbonyl (C=O) groups excluding carboxylic acids is 2. The third-order valence-electron chi connectivity index (χ3n) is 5.11. The van der Waals surface area contributed by atoms with Crippen LogP contribution in [0.5, 0.6) is 11.5 Å². The predicted molar refractivity (Wildman–Crippen MR) is 108 cm³/mol. The molecule has 184 valence electrons. The standard InChI is InChI=1S/C24H15F7O4/c1-3-10(2)11-4-6-12(7-5-11)23(32)35-22-19(30)17(28)16(18(29)20(22)31)24(33)34-21-14(26)8-13(25)9-15(21)27/h4-10H,3H2,1-2H3. The van der Waals surface area contributed by atoms with E-state index in [9.17, 15) is 40.3 Å². The summed E-state index contributed by atoms with van der Waals surface area (Å²) < 4.78 is 107. The molecular formula is C24H15F7O4. The van der Waals surface area contributed by atoms with E-state index in [2.05, 4.69) is 9.47 Å². The number of benzene rings is 3. The van der Waals surface area contributed by atoms with Crippen LogP contribution in [0.1, 0.15) is 52.5 Å². The highest BCUT2D eigenvalue weighted by Gasteiger charge is 2.33. The molecule has 0 amide bonds. The highest BCUT2D eigenvalue weighted by Crippen LogP contribution is 2.32. The van der Waals surface area contributed by atoms with Crippen LogP contribution < -0.4 is 9.47 Å². The van der Waals surface area contributed by atoms with Gasteiger partial charge >= 0.3 is 11.9 Å². The first kappa shape index (κ1) is 25.7. The maximum Gasteiger partial charge on any atom is 0.349 e. The molecule has 11 heteroatoms. The lowest BCUT2D eigenvalue weighted by Gasteiger charge is -2.13. The maximum atomic E-state index is 14.4. The van der Waals surface area contributed by atoms with Crippen LogP contribution >= 0.6 is 0 Å². The molecule has 0 saturated carbocycles. The topological polar surface area (TPSA) is 52.6 Å². The van der Waals surface area contributed by atoms with Crippen LogP contribution in [0.3, 0.4) is 0 Å². The van der Waals surface area contributed by atoms with Gasteiger partial charge in [-0.25, -0.2) is 31.5 Å². The van der Waals surface area contributed by atoms with Crippen molar-refractivity contribution in [1.82, 2.24) is 0 Å². The van der Waals surface area contributed by atoms with Crippen LogP contribution in [-0.4, -0.2) is 11.9 Å². The van der Waals surface area contributed by atoms with Gasteiger partial charge in [-0.1, -0.05) is 26.0 Å². The van der Waals surface area contributed by atoms with E-state index in [4.69, 9.17) is 0 Å². The molecule has 3 aromatic rings. The molecule has 3 rings (SSSR count). The Morgan fingerprint density at radius 1 is 0.743 bits per heavy atom. The second-order valence-electron chi connectivity index (χ2n) is 7.37. The molecule has 0 aliphatic heterocycles. The zero-order chi connectivity index (χ0) is 26.0. The van der Waals surface area contributed by atoms with Gasteiger partial charge in [0.25, 0.3) is 0 Å². The van der Waals surface area contributed by atoms with E-state index in [1.807, 2.05) is 13.8 Å². The van der Waals surface area contributed by atoms with E-state index in [-0.39, 0.29) is 23.6 Å². The number of esters is 2. The molecule has 0 radical (unpaired) electrons. The van der Waals surface area contributed by atoms with Crippen molar-refractivity contribution in [1.29, 1.82) is 0 Å². The van der Waals surface area contributed by atoms with Gasteiger partial charge in [0.1, 0.15) is 11.4 Å². The van der Waals surface area contributed by atoms with Crippen LogP contribution in [0, 0.1) is 40.7 Å². The molecule has 0 spiro atoms. The summed E-state index contributed by atoms with van der Waals surface area (Å²) in [5.41, 5.74) is -1.33. The van der Waals surface area contributed by atoms with Crippen LogP contribution in [0.4, 0.5) is 30.7 Å². The summed E-state index contributed by atoms with van der Waals surface area (Å²) in [6.07, 6.45) is 0.800. The van der Waals surface area contributed by atoms with Crippen molar-refractivity contribution in [3.8, 4) is 11.5 Å². The number of hydrogen-bond acceptors (Lipinski definition) is 4. The van der Waals surface area contributed by atoms with Gasteiger partial charge in [-0.05, 0) is 30.0 Å². The first-order chi connectivity index (χ1) is 16.5. The number of ether oxygens (including phenoxy) is 2. The molecule has 0 saturated heterocycles. The van der Waals surface area contributed by atoms with Crippen LogP contribution in [0.25, 0.3) is 0 Å². The minimum absolute atomic E-state index is 0.0948. The van der Waals surface area contributed by atoms with Crippen molar-refractivity contribution in [2.24, 2.45) is 0 Å². The lowest BCUT2D eigenvalue weighted by molar-refractivity contribution is 0.0703. The molecule has 1 atom stereocenters. The van der Waals surface area contributed by atoms with E-state index < -0.39 is 69.7 Å². The average molecular weight is 500 g/mol. The Kier molecular flexibility index (Phi) is 7.47. The highest BCUT2D eigenvalue weighted by atomic mass is 19.2. The predicted octanol–water partition coefficient (Wildman–Crippen LogP) is 6.61. The Hall–Kier alpha value is -3.89. The lowest BCUT2D eigenvalue weighted by Crippen LogP contribution is -2.19. The first-order valence-corrected chi connectivity index (χ1v) is 10.0. The van der Waals surface area contributed by atoms with Gasteiger partial charge in [-0.3, -0.25) is 0 Å². The molecule has 0 aliphatic rings. The Labute approximate surface area is 193 Å². The maximum absolute atomic E-state index is 14.4. The van der Waals surface area contributed by atoms with Gasteiger partial charge in [0, 0.05) is 12.1 Å². The van der Waals surface area contributed by atoms with Gasteiger partial charge in [0.15, 0.2) is 23.3 Å². The highest BCUT2D eigenvalue weighted by molar-refractivity contribution is 5.93. The van der Waals surface area contributed by atoms with E-state index in [1.54, 1.807) is 12.1 Å². The molecular weight excluding hydrogens is 485 g/mol. The van der Waals surface area contributed by atoms with Gasteiger partial charge in [-0.15, -0.1) is 0 Å². The van der Waals surface area contributed by atoms with Gasteiger partial charge in [0.05, 0.1) is 5.56 Å². The van der Waals surface area contributed by atoms with E-state index in [0.717, 1.165) is 12.0 Å². The second kappa shape index (κ2) is 10.2. The summed E-state index contributed by atoms with van der Waals surface area (Å²) in [5, 5.41) is 0. The van der Waals surface area contributed by atoms with Crippen LogP contribution in [0.2, 0.25) is 0 Å². The van der Waals surface area contributed by atoms with Crippen LogP contribution in [-0.2, 0) is 0 Å². The molecule has 0 fully saturated rings. The van der Waals surface area contributed by atoms with E-state index in [0.29, 0.717) is 0 Å². The average Bonchev–Trinajstić information content (AvgIpc) is 2.82. The van der Waals surface area contributed by atoms with Crippen LogP contribution in [0.15, 0.2) is 36.4 Å². The van der Waals surface area contributed by atoms with E-state index >= 15 is 0 Å². The molecule has 0 heterocycles. The van der Waals surface area contributed by atoms with Crippen molar-refractivity contribution in [2.75, 3.05) is 0 Å². The number of carbonyl (C=O) groups is 2. The fraction of sp³-hybridized carbons (Fsp3) is 0.167.